The van der Waals surface area contributed by atoms with E-state index in [1.54, 1.807) is 12.1 Å². The van der Waals surface area contributed by atoms with Gasteiger partial charge in [-0.2, -0.15) is 0 Å². The Balaban J connectivity index is 0.00000261. The molecule has 0 bridgehead atoms. The van der Waals surface area contributed by atoms with Gasteiger partial charge in [-0.05, 0) is 48.9 Å². The molecule has 6 heteroatoms. The van der Waals surface area contributed by atoms with Crippen LogP contribution in [0.5, 0.6) is 0 Å². The molecule has 146 valence electrons. The van der Waals surface area contributed by atoms with Crippen LogP contribution >= 0.6 is 24.0 Å². The van der Waals surface area contributed by atoms with Gasteiger partial charge in [-0.3, -0.25) is 4.79 Å². The third-order valence-electron chi connectivity index (χ3n) is 5.21. The van der Waals surface area contributed by atoms with Crippen molar-refractivity contribution in [3.05, 3.63) is 70.2 Å². The van der Waals surface area contributed by atoms with Crippen molar-refractivity contribution in [1.82, 2.24) is 4.90 Å². The molecule has 0 spiro atoms. The van der Waals surface area contributed by atoms with Gasteiger partial charge in [0.25, 0.3) is 0 Å². The van der Waals surface area contributed by atoms with E-state index < -0.39 is 12.1 Å². The lowest BCUT2D eigenvalue weighted by molar-refractivity contribution is -0.134. The van der Waals surface area contributed by atoms with Gasteiger partial charge >= 0.3 is 0 Å². The van der Waals surface area contributed by atoms with Gasteiger partial charge in [-0.15, -0.1) is 12.4 Å². The number of amides is 1. The smallest absolute Gasteiger partial charge is 0.244 e. The van der Waals surface area contributed by atoms with E-state index in [4.69, 9.17) is 17.3 Å². The van der Waals surface area contributed by atoms with E-state index in [0.29, 0.717) is 18.1 Å². The lowest BCUT2D eigenvalue weighted by atomic mass is 9.87. The monoisotopic (exact) mass is 408 g/mol. The van der Waals surface area contributed by atoms with E-state index in [0.717, 1.165) is 29.5 Å². The highest BCUT2D eigenvalue weighted by molar-refractivity contribution is 6.30. The van der Waals surface area contributed by atoms with E-state index in [2.05, 4.69) is 0 Å². The molecule has 0 radical (unpaired) electrons. The third kappa shape index (κ3) is 5.23. The second-order valence-electron chi connectivity index (χ2n) is 7.05. The van der Waals surface area contributed by atoms with Gasteiger partial charge in [0.05, 0.1) is 6.10 Å². The minimum absolute atomic E-state index is 0. The highest BCUT2D eigenvalue weighted by atomic mass is 35.5. The summed E-state index contributed by atoms with van der Waals surface area (Å²) in [4.78, 5) is 14.5. The summed E-state index contributed by atoms with van der Waals surface area (Å²) in [6, 6.07) is 14.4. The molecule has 1 heterocycles. The van der Waals surface area contributed by atoms with E-state index in [-0.39, 0.29) is 24.2 Å². The van der Waals surface area contributed by atoms with Gasteiger partial charge in [-0.1, -0.05) is 53.6 Å². The van der Waals surface area contributed by atoms with Crippen LogP contribution in [0, 0.1) is 12.8 Å². The van der Waals surface area contributed by atoms with Crippen LogP contribution in [0.3, 0.4) is 0 Å². The van der Waals surface area contributed by atoms with Gasteiger partial charge in [0.2, 0.25) is 5.91 Å². The minimum Gasteiger partial charge on any atom is -0.388 e. The van der Waals surface area contributed by atoms with Gasteiger partial charge in [0.15, 0.2) is 0 Å². The molecule has 4 nitrogen and oxygen atoms in total. The second-order valence-corrected chi connectivity index (χ2v) is 7.48. The van der Waals surface area contributed by atoms with Crippen molar-refractivity contribution >= 4 is 29.9 Å². The first-order chi connectivity index (χ1) is 12.5. The van der Waals surface area contributed by atoms with Crippen LogP contribution in [-0.2, 0) is 4.79 Å². The van der Waals surface area contributed by atoms with Crippen LogP contribution in [0.2, 0.25) is 5.02 Å². The number of benzene rings is 2. The number of piperidine rings is 1. The van der Waals surface area contributed by atoms with Crippen LogP contribution < -0.4 is 5.73 Å². The number of aliphatic hydroxyl groups is 1. The molecule has 3 rings (SSSR count). The zero-order valence-electron chi connectivity index (χ0n) is 15.3. The SMILES string of the molecule is Cc1ccc(C(N)C(=O)N2CCC(C(O)c3ccc(Cl)cc3)CC2)cc1.Cl. The number of aryl methyl sites for hydroxylation is 1. The number of nitrogens with zero attached hydrogens (tertiary/aromatic N) is 1. The Morgan fingerprint density at radius 1 is 1.07 bits per heavy atom. The van der Waals surface area contributed by atoms with Gasteiger partial charge in [0.1, 0.15) is 6.04 Å². The van der Waals surface area contributed by atoms with E-state index in [1.807, 2.05) is 48.2 Å². The molecular formula is C21H26Cl2N2O2. The quantitative estimate of drug-likeness (QED) is 0.801. The number of carbonyl (C=O) groups is 1. The summed E-state index contributed by atoms with van der Waals surface area (Å²) < 4.78 is 0. The zero-order chi connectivity index (χ0) is 18.7. The summed E-state index contributed by atoms with van der Waals surface area (Å²) in [6.07, 6.45) is 0.988. The van der Waals surface area contributed by atoms with Crippen LogP contribution in [0.4, 0.5) is 0 Å². The summed E-state index contributed by atoms with van der Waals surface area (Å²) in [5.74, 6) is 0.0871. The van der Waals surface area contributed by atoms with E-state index in [1.165, 1.54) is 0 Å². The average molecular weight is 409 g/mol. The van der Waals surface area contributed by atoms with Crippen LogP contribution in [0.1, 0.15) is 41.7 Å². The van der Waals surface area contributed by atoms with Crippen molar-refractivity contribution in [3.8, 4) is 0 Å². The molecule has 2 aromatic carbocycles. The number of likely N-dealkylation sites (tertiary alicyclic amines) is 1. The maximum absolute atomic E-state index is 12.7. The standard InChI is InChI=1S/C21H25ClN2O2.ClH/c1-14-2-4-15(5-3-14)19(23)21(26)24-12-10-17(11-13-24)20(25)16-6-8-18(22)9-7-16;/h2-9,17,19-20,25H,10-13,23H2,1H3;1H. The minimum atomic E-state index is -0.631. The first-order valence-electron chi connectivity index (χ1n) is 9.00. The molecule has 0 aliphatic carbocycles. The fraction of sp³-hybridized carbons (Fsp3) is 0.381. The summed E-state index contributed by atoms with van der Waals surface area (Å²) >= 11 is 5.91. The van der Waals surface area contributed by atoms with Crippen molar-refractivity contribution < 1.29 is 9.90 Å². The first kappa shape index (κ1) is 21.7. The number of aliphatic hydroxyl groups excluding tert-OH is 1. The maximum Gasteiger partial charge on any atom is 0.244 e. The Morgan fingerprint density at radius 3 is 2.15 bits per heavy atom. The molecule has 1 saturated heterocycles. The topological polar surface area (TPSA) is 66.6 Å². The molecule has 1 fully saturated rings. The molecule has 0 aromatic heterocycles. The molecule has 1 amide bonds. The molecule has 2 aromatic rings. The molecule has 0 saturated carbocycles. The van der Waals surface area contributed by atoms with Crippen LogP contribution in [0.15, 0.2) is 48.5 Å². The highest BCUT2D eigenvalue weighted by Gasteiger charge is 2.30. The molecule has 3 N–H and O–H groups in total. The lowest BCUT2D eigenvalue weighted by Crippen LogP contribution is -2.44. The van der Waals surface area contributed by atoms with Crippen molar-refractivity contribution in [3.63, 3.8) is 0 Å². The normalized spacial score (nSPS) is 17.1. The van der Waals surface area contributed by atoms with Gasteiger partial charge < -0.3 is 15.7 Å². The van der Waals surface area contributed by atoms with Crippen molar-refractivity contribution in [1.29, 1.82) is 0 Å². The second kappa shape index (κ2) is 9.56. The first-order valence-corrected chi connectivity index (χ1v) is 9.38. The number of rotatable bonds is 4. The van der Waals surface area contributed by atoms with Crippen molar-refractivity contribution in [2.75, 3.05) is 13.1 Å². The van der Waals surface area contributed by atoms with Crippen LogP contribution in [-0.4, -0.2) is 29.0 Å². The Morgan fingerprint density at radius 2 is 1.59 bits per heavy atom. The molecule has 27 heavy (non-hydrogen) atoms. The number of halogens is 2. The Labute approximate surface area is 171 Å². The molecular weight excluding hydrogens is 383 g/mol. The molecule has 2 atom stereocenters. The van der Waals surface area contributed by atoms with Crippen molar-refractivity contribution in [2.45, 2.75) is 31.9 Å². The van der Waals surface area contributed by atoms with Crippen LogP contribution in [0.25, 0.3) is 0 Å². The average Bonchev–Trinajstić information content (AvgIpc) is 2.67. The fourth-order valence-electron chi connectivity index (χ4n) is 3.48. The Hall–Kier alpha value is -1.59. The maximum atomic E-state index is 12.7. The number of hydrogen-bond acceptors (Lipinski definition) is 3. The number of nitrogens with two attached hydrogens (primary N) is 1. The van der Waals surface area contributed by atoms with E-state index >= 15 is 0 Å². The summed E-state index contributed by atoms with van der Waals surface area (Å²) in [6.45, 7) is 3.25. The van der Waals surface area contributed by atoms with Gasteiger partial charge in [0, 0.05) is 18.1 Å². The number of carbonyl (C=O) groups excluding carboxylic acids is 1. The van der Waals surface area contributed by atoms with Gasteiger partial charge in [-0.25, -0.2) is 0 Å². The predicted molar refractivity (Wildman–Crippen MR) is 111 cm³/mol. The predicted octanol–water partition coefficient (Wildman–Crippen LogP) is 4.04. The third-order valence-corrected chi connectivity index (χ3v) is 5.46. The summed E-state index contributed by atoms with van der Waals surface area (Å²) in [5, 5.41) is 11.3. The Kier molecular flexibility index (Phi) is 7.68. The largest absolute Gasteiger partial charge is 0.388 e. The summed E-state index contributed by atoms with van der Waals surface area (Å²) in [5.41, 5.74) is 9.02. The van der Waals surface area contributed by atoms with E-state index in [9.17, 15) is 9.90 Å². The number of hydrogen-bond donors (Lipinski definition) is 2. The molecule has 2 unspecified atom stereocenters. The Bertz CT molecular complexity index is 742. The highest BCUT2D eigenvalue weighted by Crippen LogP contribution is 2.32. The summed E-state index contributed by atoms with van der Waals surface area (Å²) in [7, 11) is 0. The molecule has 1 aliphatic rings. The zero-order valence-corrected chi connectivity index (χ0v) is 16.9. The lowest BCUT2D eigenvalue weighted by Gasteiger charge is -2.35. The fourth-order valence-corrected chi connectivity index (χ4v) is 3.61. The van der Waals surface area contributed by atoms with Crippen molar-refractivity contribution in [2.24, 2.45) is 11.7 Å². The molecule has 1 aliphatic heterocycles.